The van der Waals surface area contributed by atoms with E-state index in [0.717, 1.165) is 38.5 Å². The molecule has 0 bridgehead atoms. The van der Waals surface area contributed by atoms with Crippen LogP contribution in [0.2, 0.25) is 0 Å². The highest BCUT2D eigenvalue weighted by Gasteiger charge is 2.32. The van der Waals surface area contributed by atoms with Crippen molar-refractivity contribution in [2.75, 3.05) is 19.3 Å². The lowest BCUT2D eigenvalue weighted by atomic mass is 9.94. The lowest BCUT2D eigenvalue weighted by Crippen LogP contribution is -2.44. The van der Waals surface area contributed by atoms with Crippen molar-refractivity contribution in [3.05, 3.63) is 24.3 Å². The molecule has 7 nitrogen and oxygen atoms in total. The van der Waals surface area contributed by atoms with Gasteiger partial charge in [-0.05, 0) is 76.6 Å². The Morgan fingerprint density at radius 3 is 1.83 bits per heavy atom. The maximum absolute atomic E-state index is 12.3. The number of sulfonamides is 1. The molecule has 30 heavy (non-hydrogen) atoms. The minimum Gasteiger partial charge on any atom is -0.490 e. The molecule has 1 saturated heterocycles. The van der Waals surface area contributed by atoms with Crippen LogP contribution in [-0.4, -0.2) is 64.0 Å². The van der Waals surface area contributed by atoms with Crippen molar-refractivity contribution in [3.63, 3.8) is 0 Å². The van der Waals surface area contributed by atoms with Crippen LogP contribution < -0.4 is 4.74 Å². The third kappa shape index (κ3) is 5.96. The summed E-state index contributed by atoms with van der Waals surface area (Å²) < 4.78 is 61.5. The zero-order chi connectivity index (χ0) is 21.9. The van der Waals surface area contributed by atoms with Gasteiger partial charge in [0.25, 0.3) is 0 Å². The Hall–Kier alpha value is -1.16. The highest BCUT2D eigenvalue weighted by atomic mass is 32.2. The maximum atomic E-state index is 12.3. The first kappa shape index (κ1) is 23.5. The first-order valence-corrected chi connectivity index (χ1v) is 14.1. The van der Waals surface area contributed by atoms with Crippen LogP contribution in [0, 0.1) is 0 Å². The highest BCUT2D eigenvalue weighted by Crippen LogP contribution is 2.29. The number of sulfone groups is 1. The van der Waals surface area contributed by atoms with Gasteiger partial charge in [-0.1, -0.05) is 0 Å². The Bertz CT molecular complexity index is 895. The molecule has 1 aliphatic carbocycles. The average molecular weight is 460 g/mol. The second-order valence-electron chi connectivity index (χ2n) is 8.59. The van der Waals surface area contributed by atoms with Gasteiger partial charge in [-0.3, -0.25) is 0 Å². The molecule has 2 fully saturated rings. The van der Waals surface area contributed by atoms with Gasteiger partial charge in [0.1, 0.15) is 5.75 Å². The van der Waals surface area contributed by atoms with E-state index in [9.17, 15) is 16.8 Å². The predicted octanol–water partition coefficient (Wildman–Crippen LogP) is 3.00. The summed E-state index contributed by atoms with van der Waals surface area (Å²) >= 11 is 0. The van der Waals surface area contributed by atoms with E-state index in [4.69, 9.17) is 9.47 Å². The number of ether oxygens (including phenoxy) is 2. The summed E-state index contributed by atoms with van der Waals surface area (Å²) in [7, 11) is -6.38. The van der Waals surface area contributed by atoms with Gasteiger partial charge in [0, 0.05) is 19.3 Å². The van der Waals surface area contributed by atoms with Crippen molar-refractivity contribution >= 4 is 19.9 Å². The molecule has 1 aromatic carbocycles. The zero-order valence-electron chi connectivity index (χ0n) is 18.0. The van der Waals surface area contributed by atoms with Crippen LogP contribution in [-0.2, 0) is 24.6 Å². The highest BCUT2D eigenvalue weighted by molar-refractivity contribution is 7.90. The van der Waals surface area contributed by atoms with Gasteiger partial charge in [-0.15, -0.1) is 0 Å². The van der Waals surface area contributed by atoms with Gasteiger partial charge in [0.2, 0.25) is 10.0 Å². The number of nitrogens with zero attached hydrogens (tertiary/aromatic N) is 1. The fraction of sp³-hybridized carbons (Fsp3) is 0.714. The Morgan fingerprint density at radius 1 is 0.833 bits per heavy atom. The van der Waals surface area contributed by atoms with Crippen LogP contribution in [0.3, 0.4) is 0 Å². The van der Waals surface area contributed by atoms with Gasteiger partial charge >= 0.3 is 0 Å². The maximum Gasteiger partial charge on any atom is 0.216 e. The van der Waals surface area contributed by atoms with Gasteiger partial charge in [0.15, 0.2) is 9.84 Å². The quantitative estimate of drug-likeness (QED) is 0.623. The summed E-state index contributed by atoms with van der Waals surface area (Å²) in [6, 6.07) is 6.56. The van der Waals surface area contributed by atoms with E-state index in [-0.39, 0.29) is 23.6 Å². The van der Waals surface area contributed by atoms with E-state index in [0.29, 0.717) is 23.7 Å². The number of benzene rings is 1. The standard InChI is InChI=1S/C21H33NO6S2/c1-16(2)30(25,26)22-14-12-20(13-15-22)28-18-6-4-17(5-7-18)27-19-8-10-21(11-9-19)29(3,23)24/h8-11,16-18,20H,4-7,12-15H2,1-3H3/t17-,18-. The molecule has 0 aromatic heterocycles. The SMILES string of the molecule is CC(C)S(=O)(=O)N1CCC(O[C@H]2CC[C@H](Oc3ccc(S(C)(=O)=O)cc3)CC2)CC1. The van der Waals surface area contributed by atoms with Crippen LogP contribution in [0.1, 0.15) is 52.4 Å². The van der Waals surface area contributed by atoms with Crippen LogP contribution in [0.4, 0.5) is 0 Å². The van der Waals surface area contributed by atoms with Gasteiger partial charge in [-0.2, -0.15) is 0 Å². The molecule has 9 heteroatoms. The monoisotopic (exact) mass is 459 g/mol. The molecule has 0 spiro atoms. The molecule has 1 saturated carbocycles. The largest absolute Gasteiger partial charge is 0.490 e. The Labute approximate surface area is 180 Å². The third-order valence-corrected chi connectivity index (χ3v) is 9.32. The molecule has 0 radical (unpaired) electrons. The van der Waals surface area contributed by atoms with E-state index in [1.807, 2.05) is 0 Å². The van der Waals surface area contributed by atoms with Crippen LogP contribution in [0.15, 0.2) is 29.2 Å². The minimum atomic E-state index is -3.20. The first-order chi connectivity index (χ1) is 14.1. The van der Waals surface area contributed by atoms with Crippen LogP contribution >= 0.6 is 0 Å². The fourth-order valence-electron chi connectivity index (χ4n) is 4.04. The van der Waals surface area contributed by atoms with Crippen molar-refractivity contribution in [2.45, 2.75) is 80.8 Å². The minimum absolute atomic E-state index is 0.104. The molecule has 1 heterocycles. The number of hydrogen-bond donors (Lipinski definition) is 0. The first-order valence-electron chi connectivity index (χ1n) is 10.7. The Kier molecular flexibility index (Phi) is 7.48. The summed E-state index contributed by atoms with van der Waals surface area (Å²) in [5.41, 5.74) is 0. The number of hydrogen-bond acceptors (Lipinski definition) is 6. The van der Waals surface area contributed by atoms with E-state index < -0.39 is 19.9 Å². The van der Waals surface area contributed by atoms with Crippen molar-refractivity contribution in [2.24, 2.45) is 0 Å². The molecule has 1 aromatic rings. The van der Waals surface area contributed by atoms with E-state index in [2.05, 4.69) is 0 Å². The lowest BCUT2D eigenvalue weighted by molar-refractivity contribution is -0.0604. The summed E-state index contributed by atoms with van der Waals surface area (Å²) in [6.45, 7) is 4.51. The number of piperidine rings is 1. The molecule has 3 rings (SSSR count). The van der Waals surface area contributed by atoms with Crippen molar-refractivity contribution < 1.29 is 26.3 Å². The average Bonchev–Trinajstić information content (AvgIpc) is 2.69. The molecule has 0 amide bonds. The normalized spacial score (nSPS) is 24.8. The van der Waals surface area contributed by atoms with Crippen LogP contribution in [0.25, 0.3) is 0 Å². The summed E-state index contributed by atoms with van der Waals surface area (Å²) in [6.07, 6.45) is 6.70. The van der Waals surface area contributed by atoms with Crippen LogP contribution in [0.5, 0.6) is 5.75 Å². The van der Waals surface area contributed by atoms with E-state index in [1.165, 1.54) is 6.26 Å². The molecule has 0 unspecified atom stereocenters. The molecule has 2 aliphatic rings. The molecular weight excluding hydrogens is 426 g/mol. The molecule has 0 N–H and O–H groups in total. The smallest absolute Gasteiger partial charge is 0.216 e. The van der Waals surface area contributed by atoms with Crippen molar-refractivity contribution in [1.29, 1.82) is 0 Å². The predicted molar refractivity (Wildman–Crippen MR) is 116 cm³/mol. The van der Waals surface area contributed by atoms with Crippen molar-refractivity contribution in [1.82, 2.24) is 4.31 Å². The molecule has 170 valence electrons. The zero-order valence-corrected chi connectivity index (χ0v) is 19.6. The molecular formula is C21H33NO6S2. The van der Waals surface area contributed by atoms with Crippen molar-refractivity contribution in [3.8, 4) is 5.75 Å². The molecule has 0 atom stereocenters. The summed E-state index contributed by atoms with van der Waals surface area (Å²) in [5.74, 6) is 0.686. The lowest BCUT2D eigenvalue weighted by Gasteiger charge is -2.36. The summed E-state index contributed by atoms with van der Waals surface area (Å²) in [5, 5.41) is -0.382. The van der Waals surface area contributed by atoms with E-state index >= 15 is 0 Å². The molecule has 1 aliphatic heterocycles. The topological polar surface area (TPSA) is 90.0 Å². The fourth-order valence-corrected chi connectivity index (χ4v) is 5.98. The second-order valence-corrected chi connectivity index (χ2v) is 13.1. The second kappa shape index (κ2) is 9.54. The van der Waals surface area contributed by atoms with Gasteiger partial charge < -0.3 is 9.47 Å². The van der Waals surface area contributed by atoms with E-state index in [1.54, 1.807) is 42.4 Å². The Balaban J connectivity index is 1.41. The van der Waals surface area contributed by atoms with Gasteiger partial charge in [0.05, 0.1) is 28.5 Å². The van der Waals surface area contributed by atoms with Gasteiger partial charge in [-0.25, -0.2) is 21.1 Å². The summed E-state index contributed by atoms with van der Waals surface area (Å²) in [4.78, 5) is 0.291. The number of rotatable bonds is 7. The third-order valence-electron chi connectivity index (χ3n) is 5.92. The Morgan fingerprint density at radius 2 is 1.33 bits per heavy atom.